The fourth-order valence-electron chi connectivity index (χ4n) is 1.14. The molecule has 0 aliphatic rings. The van der Waals surface area contributed by atoms with Gasteiger partial charge in [0.1, 0.15) is 5.82 Å². The summed E-state index contributed by atoms with van der Waals surface area (Å²) in [4.78, 5) is 9.69. The Morgan fingerprint density at radius 3 is 2.60 bits per heavy atom. The van der Waals surface area contributed by atoms with Crippen LogP contribution in [0.4, 0.5) is 0 Å². The van der Waals surface area contributed by atoms with Crippen LogP contribution in [0.1, 0.15) is 32.0 Å². The molecule has 0 atom stereocenters. The molecule has 0 bridgehead atoms. The summed E-state index contributed by atoms with van der Waals surface area (Å²) in [5.41, 5.74) is 0. The summed E-state index contributed by atoms with van der Waals surface area (Å²) in [6.45, 7) is 2.42. The van der Waals surface area contributed by atoms with Crippen molar-refractivity contribution in [1.82, 2.24) is 9.97 Å². The number of unbranched alkanes of at least 4 members (excludes halogenated alkanes) is 1. The summed E-state index contributed by atoms with van der Waals surface area (Å²) >= 11 is 1.69. The van der Waals surface area contributed by atoms with Gasteiger partial charge in [0.2, 0.25) is 0 Å². The van der Waals surface area contributed by atoms with Crippen molar-refractivity contribution >= 4 is 11.8 Å². The van der Waals surface area contributed by atoms with Crippen LogP contribution in [0.15, 0.2) is 17.3 Å². The molecule has 0 aliphatic carbocycles. The van der Waals surface area contributed by atoms with Gasteiger partial charge in [-0.15, -0.1) is 11.8 Å². The second-order valence-corrected chi connectivity index (χ2v) is 4.53. The molecule has 0 fully saturated rings. The molecule has 0 spiro atoms. The van der Waals surface area contributed by atoms with Crippen molar-refractivity contribution in [2.75, 3.05) is 12.4 Å². The molecule has 0 saturated heterocycles. The van der Waals surface area contributed by atoms with E-state index in [2.05, 4.69) is 16.9 Å². The average molecular weight is 226 g/mol. The van der Waals surface area contributed by atoms with Crippen molar-refractivity contribution in [2.24, 2.45) is 0 Å². The molecule has 0 aliphatic heterocycles. The summed E-state index contributed by atoms with van der Waals surface area (Å²) in [6.07, 6.45) is 7.87. The van der Waals surface area contributed by atoms with Crippen LogP contribution in [0, 0.1) is 0 Å². The molecule has 15 heavy (non-hydrogen) atoms. The molecular weight excluding hydrogens is 208 g/mol. The number of rotatable bonds is 7. The van der Waals surface area contributed by atoms with Gasteiger partial charge in [0.25, 0.3) is 0 Å². The van der Waals surface area contributed by atoms with Crippen LogP contribution in [0.25, 0.3) is 0 Å². The summed E-state index contributed by atoms with van der Waals surface area (Å²) in [6, 6.07) is 0. The Labute approximate surface area is 95.3 Å². The maximum absolute atomic E-state index is 8.64. The minimum absolute atomic E-state index is 0.252. The number of aliphatic hydroxyl groups excluding tert-OH is 1. The first-order chi connectivity index (χ1) is 7.36. The number of hydrogen-bond acceptors (Lipinski definition) is 4. The van der Waals surface area contributed by atoms with Crippen LogP contribution < -0.4 is 0 Å². The molecule has 0 amide bonds. The van der Waals surface area contributed by atoms with Crippen LogP contribution in [0.5, 0.6) is 0 Å². The largest absolute Gasteiger partial charge is 0.396 e. The van der Waals surface area contributed by atoms with Gasteiger partial charge in [-0.05, 0) is 12.8 Å². The van der Waals surface area contributed by atoms with Gasteiger partial charge in [0.05, 0.1) is 0 Å². The monoisotopic (exact) mass is 226 g/mol. The topological polar surface area (TPSA) is 46.0 Å². The van der Waals surface area contributed by atoms with E-state index in [1.165, 1.54) is 6.42 Å². The summed E-state index contributed by atoms with van der Waals surface area (Å²) in [5, 5.41) is 8.64. The lowest BCUT2D eigenvalue weighted by molar-refractivity contribution is 0.296. The first-order valence-electron chi connectivity index (χ1n) is 5.41. The van der Waals surface area contributed by atoms with E-state index in [1.54, 1.807) is 11.8 Å². The molecule has 4 heteroatoms. The summed E-state index contributed by atoms with van der Waals surface area (Å²) in [5.74, 6) is 1.86. The molecule has 1 N–H and O–H groups in total. The number of aromatic nitrogens is 2. The predicted molar refractivity (Wildman–Crippen MR) is 63.1 cm³/mol. The number of nitrogens with zero attached hydrogens (tertiary/aromatic N) is 2. The highest BCUT2D eigenvalue weighted by molar-refractivity contribution is 7.99. The third-order valence-electron chi connectivity index (χ3n) is 2.01. The third kappa shape index (κ3) is 5.14. The highest BCUT2D eigenvalue weighted by atomic mass is 32.2. The van der Waals surface area contributed by atoms with Gasteiger partial charge in [-0.2, -0.15) is 0 Å². The van der Waals surface area contributed by atoms with E-state index in [4.69, 9.17) is 5.11 Å². The Balaban J connectivity index is 2.35. The van der Waals surface area contributed by atoms with E-state index in [9.17, 15) is 0 Å². The zero-order valence-electron chi connectivity index (χ0n) is 9.15. The van der Waals surface area contributed by atoms with E-state index >= 15 is 0 Å². The van der Waals surface area contributed by atoms with E-state index in [0.717, 1.165) is 35.7 Å². The molecular formula is C11H18N2OS. The normalized spacial score (nSPS) is 10.5. The van der Waals surface area contributed by atoms with Gasteiger partial charge in [-0.3, -0.25) is 0 Å². The molecule has 0 aromatic carbocycles. The molecule has 0 unspecified atom stereocenters. The molecule has 1 heterocycles. The van der Waals surface area contributed by atoms with Crippen molar-refractivity contribution < 1.29 is 5.11 Å². The van der Waals surface area contributed by atoms with Gasteiger partial charge < -0.3 is 5.11 Å². The van der Waals surface area contributed by atoms with Gasteiger partial charge in [-0.25, -0.2) is 9.97 Å². The van der Waals surface area contributed by atoms with E-state index in [1.807, 2.05) is 12.4 Å². The molecule has 1 aromatic heterocycles. The highest BCUT2D eigenvalue weighted by Crippen LogP contribution is 2.16. The van der Waals surface area contributed by atoms with Gasteiger partial charge in [-0.1, -0.05) is 13.3 Å². The highest BCUT2D eigenvalue weighted by Gasteiger charge is 1.98. The molecule has 84 valence electrons. The van der Waals surface area contributed by atoms with E-state index in [-0.39, 0.29) is 6.61 Å². The fraction of sp³-hybridized carbons (Fsp3) is 0.636. The van der Waals surface area contributed by atoms with Crippen LogP contribution in [0.2, 0.25) is 0 Å². The lowest BCUT2D eigenvalue weighted by Crippen LogP contribution is -1.94. The molecule has 0 radical (unpaired) electrons. The smallest absolute Gasteiger partial charge is 0.128 e. The second-order valence-electron chi connectivity index (χ2n) is 3.36. The number of thioether (sulfide) groups is 1. The first kappa shape index (κ1) is 12.5. The average Bonchev–Trinajstić information content (AvgIpc) is 2.28. The SMILES string of the molecule is CCCCc1ncc(SCCCO)cn1. The van der Waals surface area contributed by atoms with Crippen LogP contribution in [0.3, 0.4) is 0 Å². The quantitative estimate of drug-likeness (QED) is 0.572. The third-order valence-corrected chi connectivity index (χ3v) is 3.04. The van der Waals surface area contributed by atoms with Crippen molar-refractivity contribution in [2.45, 2.75) is 37.5 Å². The predicted octanol–water partition coefficient (Wildman–Crippen LogP) is 2.29. The fourth-order valence-corrected chi connectivity index (χ4v) is 1.90. The van der Waals surface area contributed by atoms with Crippen molar-refractivity contribution in [3.8, 4) is 0 Å². The Hall–Kier alpha value is -0.610. The van der Waals surface area contributed by atoms with E-state index in [0.29, 0.717) is 0 Å². The van der Waals surface area contributed by atoms with E-state index < -0.39 is 0 Å². The number of hydrogen-bond donors (Lipinski definition) is 1. The number of aryl methyl sites for hydroxylation is 1. The number of aliphatic hydroxyl groups is 1. The van der Waals surface area contributed by atoms with Crippen LogP contribution >= 0.6 is 11.8 Å². The molecule has 1 rings (SSSR count). The Morgan fingerprint density at radius 1 is 1.27 bits per heavy atom. The Bertz CT molecular complexity index is 264. The van der Waals surface area contributed by atoms with Gasteiger partial charge >= 0.3 is 0 Å². The van der Waals surface area contributed by atoms with Crippen molar-refractivity contribution in [3.05, 3.63) is 18.2 Å². The minimum atomic E-state index is 0.252. The molecule has 1 aromatic rings. The maximum atomic E-state index is 8.64. The maximum Gasteiger partial charge on any atom is 0.128 e. The summed E-state index contributed by atoms with van der Waals surface area (Å²) in [7, 11) is 0. The van der Waals surface area contributed by atoms with Crippen LogP contribution in [-0.2, 0) is 6.42 Å². The second kappa shape index (κ2) is 7.65. The first-order valence-corrected chi connectivity index (χ1v) is 6.40. The lowest BCUT2D eigenvalue weighted by atomic mass is 10.2. The summed E-state index contributed by atoms with van der Waals surface area (Å²) < 4.78 is 0. The van der Waals surface area contributed by atoms with Crippen molar-refractivity contribution in [3.63, 3.8) is 0 Å². The zero-order chi connectivity index (χ0) is 10.9. The minimum Gasteiger partial charge on any atom is -0.396 e. The molecule has 3 nitrogen and oxygen atoms in total. The Kier molecular flexibility index (Phi) is 6.36. The lowest BCUT2D eigenvalue weighted by Gasteiger charge is -2.01. The standard InChI is InChI=1S/C11H18N2OS/c1-2-3-5-11-12-8-10(9-13-11)15-7-4-6-14/h8-9,14H,2-7H2,1H3. The van der Waals surface area contributed by atoms with Crippen molar-refractivity contribution in [1.29, 1.82) is 0 Å². The molecule has 0 saturated carbocycles. The zero-order valence-corrected chi connectivity index (χ0v) is 9.96. The van der Waals surface area contributed by atoms with Crippen LogP contribution in [-0.4, -0.2) is 27.4 Å². The van der Waals surface area contributed by atoms with Gasteiger partial charge in [0.15, 0.2) is 0 Å². The van der Waals surface area contributed by atoms with Gasteiger partial charge in [0, 0.05) is 36.1 Å². The Morgan fingerprint density at radius 2 is 2.00 bits per heavy atom.